The van der Waals surface area contributed by atoms with Gasteiger partial charge in [-0.3, -0.25) is 4.57 Å². The van der Waals surface area contributed by atoms with Crippen LogP contribution in [0.25, 0.3) is 0 Å². The summed E-state index contributed by atoms with van der Waals surface area (Å²) in [6.07, 6.45) is -4.41. The molecule has 0 saturated carbocycles. The summed E-state index contributed by atoms with van der Waals surface area (Å²) in [6.45, 7) is -2.21. The predicted molar refractivity (Wildman–Crippen MR) is 59.7 cm³/mol. The number of aromatic nitrogens is 2. The molecule has 9 heteroatoms. The topological polar surface area (TPSA) is 111 Å². The Morgan fingerprint density at radius 3 is 2.79 bits per heavy atom. The van der Waals surface area contributed by atoms with E-state index in [-0.39, 0.29) is 5.82 Å². The summed E-state index contributed by atoms with van der Waals surface area (Å²) in [4.78, 5) is 14.9. The first-order chi connectivity index (χ1) is 8.95. The Morgan fingerprint density at radius 2 is 2.32 bits per heavy atom. The van der Waals surface area contributed by atoms with Crippen LogP contribution in [0.2, 0.25) is 0 Å². The normalized spacial score (nSPS) is 34.6. The third kappa shape index (κ3) is 2.09. The Labute approximate surface area is 106 Å². The average molecular weight is 277 g/mol. The van der Waals surface area contributed by atoms with Crippen LogP contribution in [0, 0.1) is 0 Å². The van der Waals surface area contributed by atoms with Gasteiger partial charge in [-0.25, -0.2) is 13.6 Å². The van der Waals surface area contributed by atoms with Gasteiger partial charge in [-0.05, 0) is 6.07 Å². The summed E-state index contributed by atoms with van der Waals surface area (Å²) in [6, 6.07) is 1.23. The Balaban J connectivity index is 2.39. The molecule has 2 heterocycles. The van der Waals surface area contributed by atoms with Crippen LogP contribution >= 0.6 is 0 Å². The van der Waals surface area contributed by atoms with Gasteiger partial charge in [-0.15, -0.1) is 0 Å². The SMILES string of the molecule is Nc1ccn([C@@H]2O[C@@](CO)(CF)[C@@H](O)[C@@H]2F)c(=O)n1. The number of hydrogen-bond acceptors (Lipinski definition) is 6. The van der Waals surface area contributed by atoms with E-state index in [0.29, 0.717) is 0 Å². The predicted octanol–water partition coefficient (Wildman–Crippen LogP) is -1.25. The molecule has 0 radical (unpaired) electrons. The summed E-state index contributed by atoms with van der Waals surface area (Å²) in [5.41, 5.74) is 2.31. The lowest BCUT2D eigenvalue weighted by atomic mass is 9.98. The van der Waals surface area contributed by atoms with E-state index < -0.39 is 43.1 Å². The molecule has 0 spiro atoms. The number of halogens is 2. The maximum absolute atomic E-state index is 13.9. The van der Waals surface area contributed by atoms with E-state index in [4.69, 9.17) is 15.6 Å². The first-order valence-electron chi connectivity index (χ1n) is 5.46. The van der Waals surface area contributed by atoms with E-state index in [1.54, 1.807) is 0 Å². The molecule has 1 saturated heterocycles. The van der Waals surface area contributed by atoms with Crippen molar-refractivity contribution < 1.29 is 23.7 Å². The standard InChI is InChI=1S/C10H13F2N3O4/c11-3-10(4-16)7(17)6(12)8(19-10)15-2-1-5(13)14-9(15)18/h1-2,6-8,16-17H,3-4H2,(H2,13,14,18)/t6-,7-,8+,10+/m0/s1. The second-order valence-corrected chi connectivity index (χ2v) is 4.30. The number of nitrogens with zero attached hydrogens (tertiary/aromatic N) is 2. The second kappa shape index (κ2) is 4.83. The van der Waals surface area contributed by atoms with E-state index in [0.717, 1.165) is 10.8 Å². The lowest BCUT2D eigenvalue weighted by Crippen LogP contribution is -2.47. The number of nitrogen functional groups attached to an aromatic ring is 1. The summed E-state index contributed by atoms with van der Waals surface area (Å²) in [5.74, 6) is -0.0610. The number of rotatable bonds is 3. The summed E-state index contributed by atoms with van der Waals surface area (Å²) in [5, 5.41) is 18.7. The molecule has 0 amide bonds. The fraction of sp³-hybridized carbons (Fsp3) is 0.600. The Hall–Kier alpha value is -1.58. The number of nitrogens with two attached hydrogens (primary N) is 1. The van der Waals surface area contributed by atoms with Gasteiger partial charge in [-0.2, -0.15) is 4.98 Å². The van der Waals surface area contributed by atoms with Crippen LogP contribution in [0.1, 0.15) is 6.23 Å². The van der Waals surface area contributed by atoms with Crippen LogP contribution in [0.5, 0.6) is 0 Å². The van der Waals surface area contributed by atoms with Crippen molar-refractivity contribution >= 4 is 5.82 Å². The van der Waals surface area contributed by atoms with Gasteiger partial charge in [0.2, 0.25) is 0 Å². The molecule has 106 valence electrons. The van der Waals surface area contributed by atoms with Crippen molar-refractivity contribution in [3.63, 3.8) is 0 Å². The molecule has 2 rings (SSSR count). The molecular formula is C10H13F2N3O4. The van der Waals surface area contributed by atoms with E-state index >= 15 is 0 Å². The fourth-order valence-electron chi connectivity index (χ4n) is 1.93. The molecule has 1 aromatic rings. The van der Waals surface area contributed by atoms with Crippen molar-refractivity contribution in [3.05, 3.63) is 22.7 Å². The van der Waals surface area contributed by atoms with E-state index in [1.165, 1.54) is 6.07 Å². The highest BCUT2D eigenvalue weighted by molar-refractivity contribution is 5.23. The van der Waals surface area contributed by atoms with Gasteiger partial charge in [0, 0.05) is 6.20 Å². The van der Waals surface area contributed by atoms with Gasteiger partial charge in [0.05, 0.1) is 6.61 Å². The van der Waals surface area contributed by atoms with Crippen LogP contribution in [0.15, 0.2) is 17.1 Å². The zero-order chi connectivity index (χ0) is 14.2. The highest BCUT2D eigenvalue weighted by Gasteiger charge is 2.56. The highest BCUT2D eigenvalue weighted by Crippen LogP contribution is 2.38. The van der Waals surface area contributed by atoms with Crippen molar-refractivity contribution in [2.24, 2.45) is 0 Å². The molecule has 7 nitrogen and oxygen atoms in total. The van der Waals surface area contributed by atoms with Crippen molar-refractivity contribution in [1.29, 1.82) is 0 Å². The van der Waals surface area contributed by atoms with Crippen LogP contribution in [0.4, 0.5) is 14.6 Å². The van der Waals surface area contributed by atoms with Crippen molar-refractivity contribution in [2.75, 3.05) is 19.0 Å². The molecule has 0 unspecified atom stereocenters. The van der Waals surface area contributed by atoms with E-state index in [2.05, 4.69) is 4.98 Å². The summed E-state index contributed by atoms with van der Waals surface area (Å²) >= 11 is 0. The van der Waals surface area contributed by atoms with Crippen molar-refractivity contribution in [3.8, 4) is 0 Å². The Kier molecular flexibility index (Phi) is 3.52. The Morgan fingerprint density at radius 1 is 1.63 bits per heavy atom. The van der Waals surface area contributed by atoms with E-state index in [9.17, 15) is 18.7 Å². The second-order valence-electron chi connectivity index (χ2n) is 4.30. The largest absolute Gasteiger partial charge is 0.393 e. The van der Waals surface area contributed by atoms with Gasteiger partial charge in [-0.1, -0.05) is 0 Å². The third-order valence-electron chi connectivity index (χ3n) is 3.09. The number of aliphatic hydroxyl groups is 2. The third-order valence-corrected chi connectivity index (χ3v) is 3.09. The van der Waals surface area contributed by atoms with Crippen LogP contribution < -0.4 is 11.4 Å². The maximum Gasteiger partial charge on any atom is 0.351 e. The first kappa shape index (κ1) is 13.8. The maximum atomic E-state index is 13.9. The monoisotopic (exact) mass is 277 g/mol. The highest BCUT2D eigenvalue weighted by atomic mass is 19.1. The van der Waals surface area contributed by atoms with Gasteiger partial charge >= 0.3 is 5.69 Å². The van der Waals surface area contributed by atoms with Crippen LogP contribution in [0.3, 0.4) is 0 Å². The Bertz CT molecular complexity index is 520. The average Bonchev–Trinajstić information content (AvgIpc) is 2.64. The minimum atomic E-state index is -2.08. The molecule has 4 atom stereocenters. The van der Waals surface area contributed by atoms with Crippen molar-refractivity contribution in [1.82, 2.24) is 9.55 Å². The smallest absolute Gasteiger partial charge is 0.351 e. The quantitative estimate of drug-likeness (QED) is 0.637. The number of hydrogen-bond donors (Lipinski definition) is 3. The molecule has 1 aliphatic heterocycles. The lowest BCUT2D eigenvalue weighted by molar-refractivity contribution is -0.138. The minimum absolute atomic E-state index is 0.0610. The molecule has 4 N–H and O–H groups in total. The molecular weight excluding hydrogens is 264 g/mol. The molecule has 0 bridgehead atoms. The number of aliphatic hydroxyl groups excluding tert-OH is 2. The molecule has 1 aromatic heterocycles. The first-order valence-corrected chi connectivity index (χ1v) is 5.46. The van der Waals surface area contributed by atoms with Crippen LogP contribution in [-0.2, 0) is 4.74 Å². The molecule has 19 heavy (non-hydrogen) atoms. The van der Waals surface area contributed by atoms with Gasteiger partial charge in [0.25, 0.3) is 0 Å². The number of alkyl halides is 2. The zero-order valence-corrected chi connectivity index (χ0v) is 9.74. The lowest BCUT2D eigenvalue weighted by Gasteiger charge is -2.25. The number of anilines is 1. The molecule has 1 aliphatic rings. The molecule has 1 fully saturated rings. The minimum Gasteiger partial charge on any atom is -0.393 e. The van der Waals surface area contributed by atoms with Gasteiger partial charge in [0.15, 0.2) is 18.0 Å². The molecule has 0 aliphatic carbocycles. The molecule has 0 aromatic carbocycles. The number of ether oxygens (including phenoxy) is 1. The van der Waals surface area contributed by atoms with Crippen molar-refractivity contribution in [2.45, 2.75) is 24.1 Å². The summed E-state index contributed by atoms with van der Waals surface area (Å²) in [7, 11) is 0. The van der Waals surface area contributed by atoms with Gasteiger partial charge in [0.1, 0.15) is 18.6 Å². The van der Waals surface area contributed by atoms with Crippen LogP contribution in [-0.4, -0.2) is 50.9 Å². The fourth-order valence-corrected chi connectivity index (χ4v) is 1.93. The van der Waals surface area contributed by atoms with Gasteiger partial charge < -0.3 is 20.7 Å². The van der Waals surface area contributed by atoms with E-state index in [1.807, 2.05) is 0 Å². The zero-order valence-electron chi connectivity index (χ0n) is 9.74. The summed E-state index contributed by atoms with van der Waals surface area (Å²) < 4.78 is 32.6.